The van der Waals surface area contributed by atoms with Gasteiger partial charge in [-0.2, -0.15) is 0 Å². The Morgan fingerprint density at radius 2 is 1.82 bits per heavy atom. The molecule has 2 nitrogen and oxygen atoms in total. The summed E-state index contributed by atoms with van der Waals surface area (Å²) >= 11 is 0. The third-order valence-corrected chi connectivity index (χ3v) is 3.13. The van der Waals surface area contributed by atoms with Crippen molar-refractivity contribution >= 4 is 16.7 Å². The van der Waals surface area contributed by atoms with Crippen molar-refractivity contribution in [2.24, 2.45) is 5.73 Å². The molecule has 2 aromatic rings. The monoisotopic (exact) mass is 225 g/mol. The first-order chi connectivity index (χ1) is 8.11. The zero-order valence-corrected chi connectivity index (χ0v) is 9.81. The standard InChI is InChI=1S/C15H15NO/c1-10(11(2)15(16)17)13-9-5-7-12-6-3-4-8-14(12)13/h3-10H,2H2,1H3,(H2,16,17)/t10-/m0/s1. The van der Waals surface area contributed by atoms with Crippen molar-refractivity contribution in [3.05, 3.63) is 60.2 Å². The summed E-state index contributed by atoms with van der Waals surface area (Å²) < 4.78 is 0. The van der Waals surface area contributed by atoms with E-state index >= 15 is 0 Å². The molecule has 2 heteroatoms. The van der Waals surface area contributed by atoms with Crippen molar-refractivity contribution in [3.8, 4) is 0 Å². The van der Waals surface area contributed by atoms with E-state index in [2.05, 4.69) is 24.8 Å². The SMILES string of the molecule is C=C(C(N)=O)[C@H](C)c1cccc2ccccc12. The predicted molar refractivity (Wildman–Crippen MR) is 70.7 cm³/mol. The van der Waals surface area contributed by atoms with Crippen LogP contribution in [0.2, 0.25) is 0 Å². The Morgan fingerprint density at radius 1 is 1.18 bits per heavy atom. The van der Waals surface area contributed by atoms with Crippen LogP contribution in [0.3, 0.4) is 0 Å². The van der Waals surface area contributed by atoms with E-state index < -0.39 is 5.91 Å². The average molecular weight is 225 g/mol. The van der Waals surface area contributed by atoms with Crippen LogP contribution in [0.15, 0.2) is 54.6 Å². The molecule has 0 aromatic heterocycles. The van der Waals surface area contributed by atoms with Gasteiger partial charge in [0.15, 0.2) is 0 Å². The van der Waals surface area contributed by atoms with E-state index in [0.717, 1.165) is 16.3 Å². The number of hydrogen-bond donors (Lipinski definition) is 1. The molecule has 0 bridgehead atoms. The lowest BCUT2D eigenvalue weighted by molar-refractivity contribution is -0.114. The number of benzene rings is 2. The first-order valence-electron chi connectivity index (χ1n) is 5.57. The third kappa shape index (κ3) is 2.07. The van der Waals surface area contributed by atoms with Gasteiger partial charge in [-0.25, -0.2) is 0 Å². The summed E-state index contributed by atoms with van der Waals surface area (Å²) in [5.41, 5.74) is 6.82. The number of primary amides is 1. The molecule has 17 heavy (non-hydrogen) atoms. The minimum absolute atomic E-state index is 0.0569. The third-order valence-electron chi connectivity index (χ3n) is 3.13. The van der Waals surface area contributed by atoms with Crippen LogP contribution in [0.5, 0.6) is 0 Å². The van der Waals surface area contributed by atoms with Gasteiger partial charge in [0.2, 0.25) is 5.91 Å². The Kier molecular flexibility index (Phi) is 2.96. The highest BCUT2D eigenvalue weighted by atomic mass is 16.1. The van der Waals surface area contributed by atoms with Crippen molar-refractivity contribution in [1.29, 1.82) is 0 Å². The summed E-state index contributed by atoms with van der Waals surface area (Å²) in [6, 6.07) is 14.2. The van der Waals surface area contributed by atoms with E-state index in [1.165, 1.54) is 0 Å². The topological polar surface area (TPSA) is 43.1 Å². The van der Waals surface area contributed by atoms with Gasteiger partial charge in [-0.15, -0.1) is 0 Å². The maximum Gasteiger partial charge on any atom is 0.244 e. The van der Waals surface area contributed by atoms with Crippen LogP contribution in [0, 0.1) is 0 Å². The van der Waals surface area contributed by atoms with Gasteiger partial charge >= 0.3 is 0 Å². The van der Waals surface area contributed by atoms with Gasteiger partial charge in [-0.3, -0.25) is 4.79 Å². The number of rotatable bonds is 3. The first-order valence-corrected chi connectivity index (χ1v) is 5.57. The highest BCUT2D eigenvalue weighted by molar-refractivity contribution is 5.95. The van der Waals surface area contributed by atoms with Gasteiger partial charge in [-0.05, 0) is 16.3 Å². The summed E-state index contributed by atoms with van der Waals surface area (Å²) in [5, 5.41) is 2.30. The number of carbonyl (C=O) groups excluding carboxylic acids is 1. The van der Waals surface area contributed by atoms with Crippen LogP contribution >= 0.6 is 0 Å². The Morgan fingerprint density at radius 3 is 2.53 bits per heavy atom. The molecule has 2 rings (SSSR count). The molecule has 2 N–H and O–H groups in total. The zero-order valence-electron chi connectivity index (χ0n) is 9.81. The molecule has 2 aromatic carbocycles. The summed E-state index contributed by atoms with van der Waals surface area (Å²) in [4.78, 5) is 11.2. The van der Waals surface area contributed by atoms with Gasteiger partial charge in [0, 0.05) is 11.5 Å². The summed E-state index contributed by atoms with van der Waals surface area (Å²) in [7, 11) is 0. The Bertz CT molecular complexity index is 581. The maximum absolute atomic E-state index is 11.2. The van der Waals surface area contributed by atoms with Crippen LogP contribution in [0.25, 0.3) is 10.8 Å². The number of fused-ring (bicyclic) bond motifs is 1. The second-order valence-electron chi connectivity index (χ2n) is 4.18. The van der Waals surface area contributed by atoms with E-state index in [9.17, 15) is 4.79 Å². The minimum atomic E-state index is -0.439. The minimum Gasteiger partial charge on any atom is -0.366 e. The molecule has 0 heterocycles. The largest absolute Gasteiger partial charge is 0.366 e. The zero-order chi connectivity index (χ0) is 12.4. The molecule has 0 saturated heterocycles. The first kappa shape index (κ1) is 11.4. The van der Waals surface area contributed by atoms with Crippen LogP contribution < -0.4 is 5.73 Å². The Labute approximate surface area is 101 Å². The van der Waals surface area contributed by atoms with Gasteiger partial charge < -0.3 is 5.73 Å². The smallest absolute Gasteiger partial charge is 0.244 e. The van der Waals surface area contributed by atoms with E-state index in [1.807, 2.05) is 31.2 Å². The van der Waals surface area contributed by atoms with Gasteiger partial charge in [0.05, 0.1) is 0 Å². The molecule has 0 fully saturated rings. The molecular formula is C15H15NO. The fraction of sp³-hybridized carbons (Fsp3) is 0.133. The molecule has 1 amide bonds. The van der Waals surface area contributed by atoms with Crippen LogP contribution in [0.4, 0.5) is 0 Å². The lowest BCUT2D eigenvalue weighted by Crippen LogP contribution is -2.17. The highest BCUT2D eigenvalue weighted by Crippen LogP contribution is 2.29. The summed E-state index contributed by atoms with van der Waals surface area (Å²) in [6.07, 6.45) is 0. The van der Waals surface area contributed by atoms with Gasteiger partial charge in [0.1, 0.15) is 0 Å². The summed E-state index contributed by atoms with van der Waals surface area (Å²) in [6.45, 7) is 5.72. The number of hydrogen-bond acceptors (Lipinski definition) is 1. The molecule has 0 radical (unpaired) electrons. The average Bonchev–Trinajstić information content (AvgIpc) is 2.36. The van der Waals surface area contributed by atoms with E-state index in [4.69, 9.17) is 5.73 Å². The van der Waals surface area contributed by atoms with E-state index in [0.29, 0.717) is 5.57 Å². The fourth-order valence-corrected chi connectivity index (χ4v) is 2.03. The predicted octanol–water partition coefficient (Wildman–Crippen LogP) is 2.98. The molecule has 0 aliphatic rings. The van der Waals surface area contributed by atoms with Crippen molar-refractivity contribution in [1.82, 2.24) is 0 Å². The van der Waals surface area contributed by atoms with Crippen molar-refractivity contribution in [2.75, 3.05) is 0 Å². The van der Waals surface area contributed by atoms with Crippen molar-refractivity contribution < 1.29 is 4.79 Å². The summed E-state index contributed by atoms with van der Waals surface area (Å²) in [5.74, 6) is -0.496. The van der Waals surface area contributed by atoms with Crippen molar-refractivity contribution in [2.45, 2.75) is 12.8 Å². The Balaban J connectivity index is 2.56. The second-order valence-corrected chi connectivity index (χ2v) is 4.18. The molecule has 0 aliphatic carbocycles. The Hall–Kier alpha value is -2.09. The maximum atomic E-state index is 11.2. The highest BCUT2D eigenvalue weighted by Gasteiger charge is 2.15. The van der Waals surface area contributed by atoms with Crippen LogP contribution in [-0.2, 0) is 4.79 Å². The molecule has 0 spiro atoms. The molecule has 86 valence electrons. The van der Waals surface area contributed by atoms with Crippen molar-refractivity contribution in [3.63, 3.8) is 0 Å². The fourth-order valence-electron chi connectivity index (χ4n) is 2.03. The van der Waals surface area contributed by atoms with Gasteiger partial charge in [-0.1, -0.05) is 56.0 Å². The van der Waals surface area contributed by atoms with Gasteiger partial charge in [0.25, 0.3) is 0 Å². The number of nitrogens with two attached hydrogens (primary N) is 1. The molecule has 0 saturated carbocycles. The second kappa shape index (κ2) is 4.42. The van der Waals surface area contributed by atoms with E-state index in [1.54, 1.807) is 0 Å². The molecule has 0 unspecified atom stereocenters. The quantitative estimate of drug-likeness (QED) is 0.802. The van der Waals surface area contributed by atoms with E-state index in [-0.39, 0.29) is 5.92 Å². The molecule has 0 aliphatic heterocycles. The normalized spacial score (nSPS) is 12.3. The lowest BCUT2D eigenvalue weighted by atomic mass is 9.89. The van der Waals surface area contributed by atoms with Crippen LogP contribution in [0.1, 0.15) is 18.4 Å². The number of amides is 1. The lowest BCUT2D eigenvalue weighted by Gasteiger charge is -2.15. The molecular weight excluding hydrogens is 210 g/mol. The van der Waals surface area contributed by atoms with Crippen LogP contribution in [-0.4, -0.2) is 5.91 Å². The number of carbonyl (C=O) groups is 1. The molecule has 1 atom stereocenters.